The largest absolute Gasteiger partial charge is 0.506 e. The van der Waals surface area contributed by atoms with E-state index >= 15 is 0 Å². The highest BCUT2D eigenvalue weighted by atomic mass is 79.9. The molecule has 11 heavy (non-hydrogen) atoms. The van der Waals surface area contributed by atoms with Gasteiger partial charge < -0.3 is 10.2 Å². The molecule has 0 unspecified atom stereocenters. The Bertz CT molecular complexity index is 300. The molecule has 0 saturated carbocycles. The normalized spacial score (nSPS) is 9.55. The van der Waals surface area contributed by atoms with Crippen LogP contribution < -0.4 is 0 Å². The average Bonchev–Trinajstić information content (AvgIpc) is 1.94. The number of nitrogens with zero attached hydrogens (tertiary/aromatic N) is 1. The fourth-order valence-corrected chi connectivity index (χ4v) is 0.916. The van der Waals surface area contributed by atoms with Gasteiger partial charge in [-0.1, -0.05) is 0 Å². The van der Waals surface area contributed by atoms with E-state index in [4.69, 9.17) is 10.2 Å². The number of carboxylic acids is 1. The number of hydrogen-bond donors (Lipinski definition) is 2. The summed E-state index contributed by atoms with van der Waals surface area (Å²) in [7, 11) is 0. The molecule has 58 valence electrons. The van der Waals surface area contributed by atoms with Gasteiger partial charge in [-0.2, -0.15) is 0 Å². The molecule has 1 rings (SSSR count). The van der Waals surface area contributed by atoms with E-state index in [1.165, 1.54) is 6.20 Å². The van der Waals surface area contributed by atoms with Crippen molar-refractivity contribution in [1.82, 2.24) is 4.98 Å². The number of carboxylic acid groups (broad SMARTS) is 1. The SMILES string of the molecule is O=C(O)c1cncc(Br)c1O. The molecule has 0 spiro atoms. The highest BCUT2D eigenvalue weighted by Gasteiger charge is 2.11. The minimum Gasteiger partial charge on any atom is -0.506 e. The summed E-state index contributed by atoms with van der Waals surface area (Å²) in [4.78, 5) is 13.9. The van der Waals surface area contributed by atoms with E-state index in [0.29, 0.717) is 0 Å². The Labute approximate surface area is 70.6 Å². The molecule has 0 aliphatic rings. The first kappa shape index (κ1) is 8.00. The van der Waals surface area contributed by atoms with Crippen molar-refractivity contribution in [1.29, 1.82) is 0 Å². The number of rotatable bonds is 1. The van der Waals surface area contributed by atoms with Gasteiger partial charge in [-0.3, -0.25) is 4.98 Å². The summed E-state index contributed by atoms with van der Waals surface area (Å²) in [6.07, 6.45) is 2.41. The van der Waals surface area contributed by atoms with Crippen LogP contribution in [0, 0.1) is 0 Å². The zero-order valence-corrected chi connectivity index (χ0v) is 6.87. The second kappa shape index (κ2) is 2.87. The highest BCUT2D eigenvalue weighted by Crippen LogP contribution is 2.25. The molecule has 0 bridgehead atoms. The summed E-state index contributed by atoms with van der Waals surface area (Å²) in [5.41, 5.74) is -0.209. The zero-order valence-electron chi connectivity index (χ0n) is 5.28. The molecule has 1 aromatic heterocycles. The molecular formula is C6H4BrNO3. The quantitative estimate of drug-likeness (QED) is 0.743. The van der Waals surface area contributed by atoms with Gasteiger partial charge in [0.2, 0.25) is 0 Å². The Kier molecular flexibility index (Phi) is 2.09. The smallest absolute Gasteiger partial charge is 0.341 e. The van der Waals surface area contributed by atoms with Crippen LogP contribution >= 0.6 is 15.9 Å². The third-order valence-corrected chi connectivity index (χ3v) is 1.68. The van der Waals surface area contributed by atoms with E-state index in [9.17, 15) is 4.79 Å². The summed E-state index contributed by atoms with van der Waals surface area (Å²) < 4.78 is 0.275. The van der Waals surface area contributed by atoms with Gasteiger partial charge in [-0.15, -0.1) is 0 Å². The van der Waals surface area contributed by atoms with Gasteiger partial charge in [-0.05, 0) is 15.9 Å². The fourth-order valence-electron chi connectivity index (χ4n) is 0.585. The number of aromatic hydroxyl groups is 1. The van der Waals surface area contributed by atoms with Crippen LogP contribution in [0.4, 0.5) is 0 Å². The van der Waals surface area contributed by atoms with E-state index in [2.05, 4.69) is 20.9 Å². The summed E-state index contributed by atoms with van der Waals surface area (Å²) in [6.45, 7) is 0. The number of halogens is 1. The molecule has 0 saturated heterocycles. The lowest BCUT2D eigenvalue weighted by Crippen LogP contribution is -1.97. The minimum atomic E-state index is -1.20. The van der Waals surface area contributed by atoms with Crippen LogP contribution in [0.5, 0.6) is 5.75 Å². The van der Waals surface area contributed by atoms with Crippen LogP contribution in [0.15, 0.2) is 16.9 Å². The van der Waals surface area contributed by atoms with Crippen molar-refractivity contribution in [3.63, 3.8) is 0 Å². The number of pyridine rings is 1. The Hall–Kier alpha value is -1.10. The molecular weight excluding hydrogens is 214 g/mol. The molecule has 4 nitrogen and oxygen atoms in total. The summed E-state index contributed by atoms with van der Waals surface area (Å²) in [6, 6.07) is 0. The lowest BCUT2D eigenvalue weighted by atomic mass is 10.3. The summed E-state index contributed by atoms with van der Waals surface area (Å²) in [5.74, 6) is -1.50. The molecule has 0 aliphatic carbocycles. The third kappa shape index (κ3) is 1.48. The Morgan fingerprint density at radius 3 is 2.64 bits per heavy atom. The highest BCUT2D eigenvalue weighted by molar-refractivity contribution is 9.10. The van der Waals surface area contributed by atoms with Crippen LogP contribution in [0.2, 0.25) is 0 Å². The van der Waals surface area contributed by atoms with E-state index in [1.54, 1.807) is 0 Å². The Balaban J connectivity index is 3.27. The molecule has 0 amide bonds. The van der Waals surface area contributed by atoms with E-state index in [-0.39, 0.29) is 15.8 Å². The van der Waals surface area contributed by atoms with Crippen LogP contribution in [0.3, 0.4) is 0 Å². The van der Waals surface area contributed by atoms with Crippen molar-refractivity contribution in [2.75, 3.05) is 0 Å². The van der Waals surface area contributed by atoms with Gasteiger partial charge in [-0.25, -0.2) is 4.79 Å². The third-order valence-electron chi connectivity index (χ3n) is 1.10. The van der Waals surface area contributed by atoms with Crippen LogP contribution in [0.25, 0.3) is 0 Å². The average molecular weight is 218 g/mol. The second-order valence-electron chi connectivity index (χ2n) is 1.82. The maximum Gasteiger partial charge on any atom is 0.341 e. The van der Waals surface area contributed by atoms with Crippen molar-refractivity contribution in [3.8, 4) is 5.75 Å². The lowest BCUT2D eigenvalue weighted by Gasteiger charge is -1.98. The Morgan fingerprint density at radius 2 is 2.18 bits per heavy atom. The molecule has 2 N–H and O–H groups in total. The van der Waals surface area contributed by atoms with Crippen LogP contribution in [0.1, 0.15) is 10.4 Å². The molecule has 1 heterocycles. The second-order valence-corrected chi connectivity index (χ2v) is 2.68. The molecule has 1 aromatic rings. The molecule has 5 heteroatoms. The van der Waals surface area contributed by atoms with Crippen molar-refractivity contribution in [2.24, 2.45) is 0 Å². The predicted octanol–water partition coefficient (Wildman–Crippen LogP) is 1.25. The minimum absolute atomic E-state index is 0.209. The first-order chi connectivity index (χ1) is 5.13. The van der Waals surface area contributed by atoms with Crippen molar-refractivity contribution in [2.45, 2.75) is 0 Å². The van der Waals surface area contributed by atoms with E-state index < -0.39 is 5.97 Å². The van der Waals surface area contributed by atoms with Crippen molar-refractivity contribution >= 4 is 21.9 Å². The topological polar surface area (TPSA) is 70.4 Å². The fraction of sp³-hybridized carbons (Fsp3) is 0. The first-order valence-electron chi connectivity index (χ1n) is 2.68. The summed E-state index contributed by atoms with van der Waals surface area (Å²) >= 11 is 2.94. The molecule has 0 fully saturated rings. The van der Waals surface area contributed by atoms with Crippen LogP contribution in [-0.4, -0.2) is 21.2 Å². The monoisotopic (exact) mass is 217 g/mol. The summed E-state index contributed by atoms with van der Waals surface area (Å²) in [5, 5.41) is 17.6. The van der Waals surface area contributed by atoms with Gasteiger partial charge in [0.1, 0.15) is 11.3 Å². The lowest BCUT2D eigenvalue weighted by molar-refractivity contribution is 0.0693. The molecule has 0 aromatic carbocycles. The van der Waals surface area contributed by atoms with E-state index in [0.717, 1.165) is 6.20 Å². The first-order valence-corrected chi connectivity index (χ1v) is 3.48. The van der Waals surface area contributed by atoms with Crippen molar-refractivity contribution < 1.29 is 15.0 Å². The molecule has 0 aliphatic heterocycles. The maximum atomic E-state index is 10.4. The van der Waals surface area contributed by atoms with E-state index in [1.807, 2.05) is 0 Å². The van der Waals surface area contributed by atoms with Gasteiger partial charge in [0, 0.05) is 12.4 Å². The molecule has 0 atom stereocenters. The predicted molar refractivity (Wildman–Crippen MR) is 40.6 cm³/mol. The maximum absolute atomic E-state index is 10.4. The number of aromatic carboxylic acids is 1. The number of hydrogen-bond acceptors (Lipinski definition) is 3. The van der Waals surface area contributed by atoms with Gasteiger partial charge in [0.25, 0.3) is 0 Å². The van der Waals surface area contributed by atoms with Gasteiger partial charge >= 0.3 is 5.97 Å². The standard InChI is InChI=1S/C6H4BrNO3/c7-4-2-8-1-3(5(4)9)6(10)11/h1-2H,(H,8,9)(H,10,11). The van der Waals surface area contributed by atoms with Crippen molar-refractivity contribution in [3.05, 3.63) is 22.4 Å². The van der Waals surface area contributed by atoms with Gasteiger partial charge in [0.05, 0.1) is 4.47 Å². The molecule has 0 radical (unpaired) electrons. The van der Waals surface area contributed by atoms with Gasteiger partial charge in [0.15, 0.2) is 0 Å². The van der Waals surface area contributed by atoms with Crippen LogP contribution in [-0.2, 0) is 0 Å². The Morgan fingerprint density at radius 1 is 1.55 bits per heavy atom. The number of carbonyl (C=O) groups is 1. The number of aromatic nitrogens is 1. The zero-order chi connectivity index (χ0) is 8.43.